The molecule has 0 unspecified atom stereocenters. The molecule has 0 saturated carbocycles. The van der Waals surface area contributed by atoms with Crippen molar-refractivity contribution >= 4 is 5.97 Å². The van der Waals surface area contributed by atoms with Crippen LogP contribution in [0.5, 0.6) is 0 Å². The number of nitrogens with zero attached hydrogens (tertiary/aromatic N) is 2. The summed E-state index contributed by atoms with van der Waals surface area (Å²) in [7, 11) is 0. The number of benzene rings is 2. The SMILES string of the molecule is CCCCCc1cnc(-c2ccc(-c3cc(C[C@@H](C)CC)ccc3C(=O)O)cc2)nc1. The molecule has 1 aromatic heterocycles. The monoisotopic (exact) mass is 416 g/mol. The van der Waals surface area contributed by atoms with Crippen LogP contribution in [0.25, 0.3) is 22.5 Å². The van der Waals surface area contributed by atoms with Crippen molar-refractivity contribution in [2.24, 2.45) is 5.92 Å². The molecular weight excluding hydrogens is 384 g/mol. The molecule has 0 saturated heterocycles. The van der Waals surface area contributed by atoms with Crippen molar-refractivity contribution in [3.8, 4) is 22.5 Å². The third-order valence-corrected chi connectivity index (χ3v) is 5.82. The van der Waals surface area contributed by atoms with Crippen molar-refractivity contribution < 1.29 is 9.90 Å². The Hall–Kier alpha value is -3.01. The summed E-state index contributed by atoms with van der Waals surface area (Å²) in [6.45, 7) is 6.59. The lowest BCUT2D eigenvalue weighted by Gasteiger charge is -2.13. The van der Waals surface area contributed by atoms with Crippen LogP contribution in [0.15, 0.2) is 54.9 Å². The maximum atomic E-state index is 11.8. The Kier molecular flexibility index (Phi) is 7.94. The Bertz CT molecular complexity index is 995. The van der Waals surface area contributed by atoms with Crippen LogP contribution in [0.2, 0.25) is 0 Å². The van der Waals surface area contributed by atoms with Crippen LogP contribution >= 0.6 is 0 Å². The maximum Gasteiger partial charge on any atom is 0.336 e. The third kappa shape index (κ3) is 6.00. The molecule has 31 heavy (non-hydrogen) atoms. The standard InChI is InChI=1S/C27H32N2O2/c1-4-6-7-8-21-17-28-26(29-18-21)23-12-10-22(11-13-23)25-16-20(15-19(3)5-2)9-14-24(25)27(30)31/h9-14,16-19H,4-8,15H2,1-3H3,(H,30,31)/t19-/m0/s1. The number of aromatic nitrogens is 2. The van der Waals surface area contributed by atoms with Gasteiger partial charge in [-0.1, -0.05) is 76.4 Å². The van der Waals surface area contributed by atoms with Gasteiger partial charge >= 0.3 is 5.97 Å². The van der Waals surface area contributed by atoms with E-state index in [0.717, 1.165) is 47.9 Å². The highest BCUT2D eigenvalue weighted by Crippen LogP contribution is 2.28. The topological polar surface area (TPSA) is 63.1 Å². The molecule has 1 N–H and O–H groups in total. The molecular formula is C27H32N2O2. The fourth-order valence-electron chi connectivity index (χ4n) is 3.70. The van der Waals surface area contributed by atoms with E-state index in [-0.39, 0.29) is 0 Å². The van der Waals surface area contributed by atoms with Gasteiger partial charge in [0.1, 0.15) is 0 Å². The minimum absolute atomic E-state index is 0.327. The molecule has 4 heteroatoms. The van der Waals surface area contributed by atoms with Crippen LogP contribution in [-0.2, 0) is 12.8 Å². The molecule has 0 aliphatic heterocycles. The fourth-order valence-corrected chi connectivity index (χ4v) is 3.70. The first-order chi connectivity index (χ1) is 15.0. The first kappa shape index (κ1) is 22.7. The van der Waals surface area contributed by atoms with Gasteiger partial charge in [-0.25, -0.2) is 14.8 Å². The number of rotatable bonds is 10. The number of carbonyl (C=O) groups is 1. The van der Waals surface area contributed by atoms with Crippen LogP contribution in [0.1, 0.15) is 67.9 Å². The second-order valence-electron chi connectivity index (χ2n) is 8.35. The first-order valence-corrected chi connectivity index (χ1v) is 11.3. The summed E-state index contributed by atoms with van der Waals surface area (Å²) >= 11 is 0. The zero-order chi connectivity index (χ0) is 22.2. The first-order valence-electron chi connectivity index (χ1n) is 11.3. The van der Waals surface area contributed by atoms with Gasteiger partial charge in [0, 0.05) is 18.0 Å². The Morgan fingerprint density at radius 3 is 2.23 bits per heavy atom. The fraction of sp³-hybridized carbons (Fsp3) is 0.370. The Labute approximate surface area is 185 Å². The van der Waals surface area contributed by atoms with Gasteiger partial charge in [0.25, 0.3) is 0 Å². The largest absolute Gasteiger partial charge is 0.478 e. The molecule has 0 amide bonds. The van der Waals surface area contributed by atoms with E-state index in [2.05, 4.69) is 30.7 Å². The minimum atomic E-state index is -0.906. The third-order valence-electron chi connectivity index (χ3n) is 5.82. The lowest BCUT2D eigenvalue weighted by molar-refractivity contribution is 0.0697. The summed E-state index contributed by atoms with van der Waals surface area (Å²) in [5, 5.41) is 9.66. The molecule has 3 rings (SSSR count). The summed E-state index contributed by atoms with van der Waals surface area (Å²) in [5.74, 6) is 0.346. The highest BCUT2D eigenvalue weighted by molar-refractivity contribution is 5.96. The van der Waals surface area contributed by atoms with Gasteiger partial charge < -0.3 is 5.11 Å². The molecule has 1 atom stereocenters. The molecule has 0 fully saturated rings. The van der Waals surface area contributed by atoms with E-state index in [9.17, 15) is 9.90 Å². The van der Waals surface area contributed by atoms with E-state index >= 15 is 0 Å². The van der Waals surface area contributed by atoms with Crippen LogP contribution in [-0.4, -0.2) is 21.0 Å². The van der Waals surface area contributed by atoms with Gasteiger partial charge in [0.15, 0.2) is 5.82 Å². The molecule has 0 spiro atoms. The summed E-state index contributed by atoms with van der Waals surface area (Å²) < 4.78 is 0. The summed E-state index contributed by atoms with van der Waals surface area (Å²) in [6, 6.07) is 13.5. The van der Waals surface area contributed by atoms with Gasteiger partial charge in [0.2, 0.25) is 0 Å². The number of carboxylic acid groups (broad SMARTS) is 1. The Balaban J connectivity index is 1.83. The normalized spacial score (nSPS) is 12.0. The Morgan fingerprint density at radius 1 is 0.935 bits per heavy atom. The van der Waals surface area contributed by atoms with E-state index in [1.807, 2.05) is 48.8 Å². The van der Waals surface area contributed by atoms with Gasteiger partial charge in [0.05, 0.1) is 5.56 Å². The van der Waals surface area contributed by atoms with E-state index < -0.39 is 5.97 Å². The van der Waals surface area contributed by atoms with Gasteiger partial charge in [-0.2, -0.15) is 0 Å². The highest BCUT2D eigenvalue weighted by atomic mass is 16.4. The quantitative estimate of drug-likeness (QED) is 0.368. The van der Waals surface area contributed by atoms with E-state index in [1.165, 1.54) is 18.4 Å². The predicted molar refractivity (Wildman–Crippen MR) is 126 cm³/mol. The molecule has 0 radical (unpaired) electrons. The van der Waals surface area contributed by atoms with Gasteiger partial charge in [-0.05, 0) is 53.5 Å². The molecule has 4 nitrogen and oxygen atoms in total. The average molecular weight is 417 g/mol. The predicted octanol–water partition coefficient (Wildman–Crippen LogP) is 6.83. The van der Waals surface area contributed by atoms with Crippen LogP contribution in [0.4, 0.5) is 0 Å². The lowest BCUT2D eigenvalue weighted by atomic mass is 9.92. The second-order valence-corrected chi connectivity index (χ2v) is 8.35. The smallest absolute Gasteiger partial charge is 0.336 e. The van der Waals surface area contributed by atoms with Crippen LogP contribution in [0, 0.1) is 5.92 Å². The minimum Gasteiger partial charge on any atom is -0.478 e. The zero-order valence-corrected chi connectivity index (χ0v) is 18.8. The summed E-state index contributed by atoms with van der Waals surface area (Å²) in [5.41, 5.74) is 5.23. The molecule has 162 valence electrons. The maximum absolute atomic E-state index is 11.8. The molecule has 1 heterocycles. The van der Waals surface area contributed by atoms with Crippen molar-refractivity contribution in [3.63, 3.8) is 0 Å². The molecule has 3 aromatic rings. The van der Waals surface area contributed by atoms with E-state index in [1.54, 1.807) is 6.07 Å². The van der Waals surface area contributed by atoms with Crippen molar-refractivity contribution in [2.45, 2.75) is 59.3 Å². The Morgan fingerprint density at radius 2 is 1.61 bits per heavy atom. The number of aryl methyl sites for hydroxylation is 1. The van der Waals surface area contributed by atoms with Gasteiger partial charge in [-0.15, -0.1) is 0 Å². The zero-order valence-electron chi connectivity index (χ0n) is 18.8. The molecule has 0 aliphatic carbocycles. The number of carboxylic acids is 1. The molecule has 0 bridgehead atoms. The number of aromatic carboxylic acids is 1. The lowest BCUT2D eigenvalue weighted by Crippen LogP contribution is -2.03. The number of unbranched alkanes of at least 4 members (excludes halogenated alkanes) is 2. The number of hydrogen-bond donors (Lipinski definition) is 1. The number of hydrogen-bond acceptors (Lipinski definition) is 3. The van der Waals surface area contributed by atoms with Crippen LogP contribution < -0.4 is 0 Å². The summed E-state index contributed by atoms with van der Waals surface area (Å²) in [4.78, 5) is 20.8. The van der Waals surface area contributed by atoms with Crippen molar-refractivity contribution in [2.75, 3.05) is 0 Å². The highest BCUT2D eigenvalue weighted by Gasteiger charge is 2.14. The van der Waals surface area contributed by atoms with E-state index in [4.69, 9.17) is 0 Å². The van der Waals surface area contributed by atoms with Crippen molar-refractivity contribution in [1.82, 2.24) is 9.97 Å². The van der Waals surface area contributed by atoms with Crippen LogP contribution in [0.3, 0.4) is 0 Å². The summed E-state index contributed by atoms with van der Waals surface area (Å²) in [6.07, 6.45) is 10.5. The van der Waals surface area contributed by atoms with Crippen molar-refractivity contribution in [1.29, 1.82) is 0 Å². The van der Waals surface area contributed by atoms with Gasteiger partial charge in [-0.3, -0.25) is 0 Å². The molecule has 0 aliphatic rings. The average Bonchev–Trinajstić information content (AvgIpc) is 2.79. The second kappa shape index (κ2) is 10.9. The molecule has 2 aromatic carbocycles. The van der Waals surface area contributed by atoms with E-state index in [0.29, 0.717) is 17.3 Å². The van der Waals surface area contributed by atoms with Crippen molar-refractivity contribution in [3.05, 3.63) is 71.5 Å².